The fraction of sp³-hybridized carbons (Fsp3) is 0.458. The fourth-order valence-corrected chi connectivity index (χ4v) is 23.0. The van der Waals surface area contributed by atoms with Gasteiger partial charge in [0.25, 0.3) is 0 Å². The molecule has 0 atom stereocenters. The first kappa shape index (κ1) is 43.6. The molecule has 7 aliphatic heterocycles. The van der Waals surface area contributed by atoms with Crippen LogP contribution < -0.4 is 18.9 Å². The second kappa shape index (κ2) is 22.4. The zero-order valence-electron chi connectivity index (χ0n) is 34.4. The van der Waals surface area contributed by atoms with Crippen LogP contribution in [0.4, 0.5) is 0 Å². The summed E-state index contributed by atoms with van der Waals surface area (Å²) in [6, 6.07) is 32.6. The molecule has 0 aliphatic carbocycles. The summed E-state index contributed by atoms with van der Waals surface area (Å²) in [6.45, 7) is 11.5. The van der Waals surface area contributed by atoms with Crippen LogP contribution in [0.25, 0.3) is 0 Å². The third kappa shape index (κ3) is 12.3. The van der Waals surface area contributed by atoms with Crippen LogP contribution in [-0.2, 0) is 10.5 Å². The third-order valence-corrected chi connectivity index (χ3v) is 33.2. The molecule has 0 spiro atoms. The fourth-order valence-electron chi connectivity index (χ4n) is 7.88. The van der Waals surface area contributed by atoms with Crippen molar-refractivity contribution in [2.75, 3.05) is 26.4 Å². The maximum atomic E-state index is 14.0. The first-order valence-corrected chi connectivity index (χ1v) is 32.3. The van der Waals surface area contributed by atoms with E-state index in [2.05, 4.69) is 76.2 Å². The van der Waals surface area contributed by atoms with Gasteiger partial charge in [-0.2, -0.15) is 0 Å². The van der Waals surface area contributed by atoms with Gasteiger partial charge >= 0.3 is 344 Å². The average Bonchev–Trinajstić information content (AvgIpc) is 3.24. The quantitative estimate of drug-likeness (QED) is 0.190. The SMILES string of the molecule is C[CH2][Ge]1([CH2]C)[CH2]c2ccc(cc2)OCCCCCCOc2ccc(cc2)[CH2][Ge]([CH2]C)([CH2]C)[C](=O)c2ccc(cc2)OCCCCCCOc2ccc(cc2)[C]1=O. The number of ether oxygens (including phenoxy) is 4. The monoisotopic (exact) mass is 884 g/mol. The minimum absolute atomic E-state index is 0.378. The standard InChI is InChI=1S/C48H64Ge2O6/c1-5-49(6-2)37-39-17-25-43(26-18-39)53-33-13-9-10-14-34-54-44-27-19-40(20-28-44)38-50(7-3,8-4)48(52)42-23-31-46(32-24-42)56-36-16-12-11-15-35-55-45-29-21-41(22-30-45)47(49)51/h17-32H,5-16,33-38H2,1-4H3. The predicted molar refractivity (Wildman–Crippen MR) is 234 cm³/mol. The van der Waals surface area contributed by atoms with Gasteiger partial charge in [-0.1, -0.05) is 0 Å². The van der Waals surface area contributed by atoms with E-state index in [0.29, 0.717) is 35.7 Å². The van der Waals surface area contributed by atoms with E-state index in [9.17, 15) is 9.59 Å². The van der Waals surface area contributed by atoms with Crippen LogP contribution in [0.3, 0.4) is 0 Å². The Hall–Kier alpha value is -3.49. The summed E-state index contributed by atoms with van der Waals surface area (Å²) >= 11 is -5.80. The minimum atomic E-state index is -2.90. The van der Waals surface area contributed by atoms with Crippen molar-refractivity contribution >= 4 is 35.8 Å². The first-order chi connectivity index (χ1) is 27.3. The Bertz CT molecular complexity index is 1630. The summed E-state index contributed by atoms with van der Waals surface area (Å²) in [4.78, 5) is 28.0. The van der Waals surface area contributed by atoms with E-state index in [4.69, 9.17) is 18.9 Å². The van der Waals surface area contributed by atoms with E-state index in [1.807, 2.05) is 48.5 Å². The molecule has 4 aromatic carbocycles. The first-order valence-electron chi connectivity index (χ1n) is 21.3. The Morgan fingerprint density at radius 2 is 0.625 bits per heavy atom. The van der Waals surface area contributed by atoms with Crippen molar-refractivity contribution in [3.8, 4) is 23.0 Å². The van der Waals surface area contributed by atoms with Gasteiger partial charge in [-0.3, -0.25) is 0 Å². The van der Waals surface area contributed by atoms with Gasteiger partial charge in [0.15, 0.2) is 0 Å². The molecule has 8 heteroatoms. The Morgan fingerprint density at radius 3 is 0.875 bits per heavy atom. The molecule has 0 fully saturated rings. The summed E-state index contributed by atoms with van der Waals surface area (Å²) < 4.78 is 25.0. The molecule has 6 nitrogen and oxygen atoms in total. The van der Waals surface area contributed by atoms with E-state index in [-0.39, 0.29) is 0 Å². The van der Waals surface area contributed by atoms with Crippen LogP contribution in [-0.4, -0.2) is 62.2 Å². The van der Waals surface area contributed by atoms with Crippen molar-refractivity contribution in [3.63, 3.8) is 0 Å². The Labute approximate surface area is 341 Å². The molecular formula is C48H64Ge2O6. The van der Waals surface area contributed by atoms with Crippen molar-refractivity contribution in [2.45, 2.75) is 111 Å². The number of carbonyl (C=O) groups excluding carboxylic acids is 2. The van der Waals surface area contributed by atoms with Gasteiger partial charge in [0.05, 0.1) is 0 Å². The molecular weight excluding hydrogens is 818 g/mol. The van der Waals surface area contributed by atoms with Gasteiger partial charge in [-0.25, -0.2) is 0 Å². The van der Waals surface area contributed by atoms with Crippen LogP contribution in [0.1, 0.15) is 111 Å². The molecule has 7 aliphatic rings. The molecule has 300 valence electrons. The van der Waals surface area contributed by atoms with E-state index in [1.165, 1.54) is 11.1 Å². The topological polar surface area (TPSA) is 71.1 Å². The van der Waals surface area contributed by atoms with E-state index < -0.39 is 26.5 Å². The summed E-state index contributed by atoms with van der Waals surface area (Å²) in [5.74, 6) is 3.40. The van der Waals surface area contributed by atoms with Gasteiger partial charge in [-0.05, 0) is 0 Å². The second-order valence-corrected chi connectivity index (χ2v) is 35.6. The number of benzene rings is 4. The molecule has 4 aromatic rings. The van der Waals surface area contributed by atoms with E-state index in [1.54, 1.807) is 0 Å². The predicted octanol–water partition coefficient (Wildman–Crippen LogP) is 12.0. The maximum absolute atomic E-state index is 14.0. The van der Waals surface area contributed by atoms with Crippen molar-refractivity contribution < 1.29 is 28.5 Å². The van der Waals surface area contributed by atoms with Crippen molar-refractivity contribution in [2.24, 2.45) is 0 Å². The van der Waals surface area contributed by atoms with Crippen molar-refractivity contribution in [1.29, 1.82) is 0 Å². The Morgan fingerprint density at radius 1 is 0.375 bits per heavy atom. The van der Waals surface area contributed by atoms with Crippen molar-refractivity contribution in [1.82, 2.24) is 0 Å². The summed E-state index contributed by atoms with van der Waals surface area (Å²) in [7, 11) is 0. The summed E-state index contributed by atoms with van der Waals surface area (Å²) in [6.07, 6.45) is 8.21. The number of hydrogen-bond donors (Lipinski definition) is 0. The van der Waals surface area contributed by atoms with E-state index >= 15 is 0 Å². The van der Waals surface area contributed by atoms with Crippen LogP contribution in [0, 0.1) is 0 Å². The molecule has 7 heterocycles. The zero-order chi connectivity index (χ0) is 39.6. The molecule has 8 bridgehead atoms. The van der Waals surface area contributed by atoms with Crippen LogP contribution in [0.15, 0.2) is 97.1 Å². The molecule has 0 saturated carbocycles. The number of hydrogen-bond acceptors (Lipinski definition) is 6. The number of rotatable bonds is 4. The number of carbonyl (C=O) groups is 2. The van der Waals surface area contributed by atoms with Crippen LogP contribution >= 0.6 is 0 Å². The zero-order valence-corrected chi connectivity index (χ0v) is 38.6. The normalized spacial score (nSPS) is 17.9. The third-order valence-electron chi connectivity index (χ3n) is 12.0. The summed E-state index contributed by atoms with van der Waals surface area (Å²) in [5.41, 5.74) is 4.10. The van der Waals surface area contributed by atoms with E-state index in [0.717, 1.165) is 117 Å². The molecule has 0 saturated heterocycles. The second-order valence-electron chi connectivity index (χ2n) is 15.5. The molecule has 0 N–H and O–H groups in total. The molecule has 0 amide bonds. The van der Waals surface area contributed by atoms with Gasteiger partial charge in [0.1, 0.15) is 0 Å². The van der Waals surface area contributed by atoms with Crippen LogP contribution in [0.5, 0.6) is 23.0 Å². The molecule has 0 radical (unpaired) electrons. The van der Waals surface area contributed by atoms with Gasteiger partial charge in [0, 0.05) is 0 Å². The van der Waals surface area contributed by atoms with Crippen LogP contribution in [0.2, 0.25) is 21.0 Å². The van der Waals surface area contributed by atoms with Gasteiger partial charge < -0.3 is 0 Å². The Kier molecular flexibility index (Phi) is 17.5. The molecule has 11 rings (SSSR count). The average molecular weight is 882 g/mol. The summed E-state index contributed by atoms with van der Waals surface area (Å²) in [5, 5.41) is 5.61. The molecule has 0 unspecified atom stereocenters. The van der Waals surface area contributed by atoms with Gasteiger partial charge in [0.2, 0.25) is 0 Å². The van der Waals surface area contributed by atoms with Gasteiger partial charge in [-0.15, -0.1) is 0 Å². The van der Waals surface area contributed by atoms with Crippen molar-refractivity contribution in [3.05, 3.63) is 119 Å². The molecule has 56 heavy (non-hydrogen) atoms. The molecule has 0 aromatic heterocycles. The Balaban J connectivity index is 1.21.